The molecule has 2 heteroatoms. The Labute approximate surface area is 277 Å². The van der Waals surface area contributed by atoms with Crippen LogP contribution in [0.4, 0.5) is 17.1 Å². The lowest BCUT2D eigenvalue weighted by molar-refractivity contribution is 0.420. The zero-order valence-corrected chi connectivity index (χ0v) is 27.5. The zero-order valence-electron chi connectivity index (χ0n) is 26.7. The van der Waals surface area contributed by atoms with E-state index in [0.29, 0.717) is 0 Å². The molecule has 3 saturated carbocycles. The van der Waals surface area contributed by atoms with Crippen molar-refractivity contribution in [2.75, 3.05) is 4.90 Å². The molecule has 2 bridgehead atoms. The molecule has 0 saturated heterocycles. The third kappa shape index (κ3) is 4.88. The van der Waals surface area contributed by atoms with Crippen molar-refractivity contribution in [3.8, 4) is 0 Å². The molecule has 9 rings (SSSR count). The smallest absolute Gasteiger partial charge is 0.0476 e. The van der Waals surface area contributed by atoms with E-state index in [1.165, 1.54) is 113 Å². The normalized spacial score (nSPS) is 22.3. The molecule has 1 nitrogen and oxygen atoms in total. The Balaban J connectivity index is 1.13. The van der Waals surface area contributed by atoms with Crippen LogP contribution in [0.2, 0.25) is 0 Å². The number of rotatable bonds is 6. The van der Waals surface area contributed by atoms with E-state index in [4.69, 9.17) is 0 Å². The van der Waals surface area contributed by atoms with Gasteiger partial charge < -0.3 is 4.90 Å². The number of fused-ring (bicyclic) bond motifs is 5. The summed E-state index contributed by atoms with van der Waals surface area (Å²) in [6.07, 6.45) is 13.5. The van der Waals surface area contributed by atoms with E-state index >= 15 is 0 Å². The van der Waals surface area contributed by atoms with E-state index in [9.17, 15) is 0 Å². The minimum absolute atomic E-state index is 0.0966. The van der Waals surface area contributed by atoms with Crippen LogP contribution in [0.1, 0.15) is 86.8 Å². The third-order valence-electron chi connectivity index (χ3n) is 11.9. The highest BCUT2D eigenvalue weighted by Gasteiger charge is 2.40. The van der Waals surface area contributed by atoms with Crippen molar-refractivity contribution in [3.05, 3.63) is 138 Å². The quantitative estimate of drug-likeness (QED) is 0.168. The van der Waals surface area contributed by atoms with Crippen LogP contribution in [0.3, 0.4) is 0 Å². The van der Waals surface area contributed by atoms with Crippen LogP contribution in [0.15, 0.2) is 121 Å². The van der Waals surface area contributed by atoms with Gasteiger partial charge in [-0.3, -0.25) is 0 Å². The standard InChI is InChI=1S/C44H43NS/c1-2-9-27-44(26-8-1,34-10-4-3-5-11-34)35-18-22-37(23-19-35)45(36-20-16-32(17-21-36)41-29-31-14-15-33(41)28-31)38-24-25-40-39-12-6-7-13-42(39)46-43(40)30-38/h3-7,10-13,16-25,30-31,33,41H,1-2,8-9,14-15,26-29H2. The summed E-state index contributed by atoms with van der Waals surface area (Å²) in [7, 11) is 0. The summed E-state index contributed by atoms with van der Waals surface area (Å²) in [5.74, 6) is 2.62. The molecule has 0 spiro atoms. The first-order chi connectivity index (χ1) is 22.7. The lowest BCUT2D eigenvalue weighted by atomic mass is 9.69. The van der Waals surface area contributed by atoms with E-state index in [2.05, 4.69) is 126 Å². The predicted molar refractivity (Wildman–Crippen MR) is 197 cm³/mol. The Hall–Kier alpha value is -3.88. The number of nitrogens with zero attached hydrogens (tertiary/aromatic N) is 1. The molecule has 6 aromatic rings. The Morgan fingerprint density at radius 2 is 1.20 bits per heavy atom. The van der Waals surface area contributed by atoms with Gasteiger partial charge in [-0.1, -0.05) is 111 Å². The van der Waals surface area contributed by atoms with Crippen LogP contribution in [0.5, 0.6) is 0 Å². The molecule has 1 aromatic heterocycles. The Kier molecular flexibility index (Phi) is 7.23. The zero-order chi connectivity index (χ0) is 30.5. The number of hydrogen-bond acceptors (Lipinski definition) is 2. The van der Waals surface area contributed by atoms with Crippen LogP contribution in [-0.2, 0) is 5.41 Å². The van der Waals surface area contributed by atoms with Gasteiger partial charge in [0, 0.05) is 42.6 Å². The summed E-state index contributed by atoms with van der Waals surface area (Å²) < 4.78 is 2.70. The maximum absolute atomic E-state index is 2.49. The van der Waals surface area contributed by atoms with Gasteiger partial charge in [0.1, 0.15) is 0 Å². The van der Waals surface area contributed by atoms with Gasteiger partial charge in [0.05, 0.1) is 0 Å². The summed E-state index contributed by atoms with van der Waals surface area (Å²) in [6.45, 7) is 0. The topological polar surface area (TPSA) is 3.24 Å². The Morgan fingerprint density at radius 3 is 1.91 bits per heavy atom. The fraction of sp³-hybridized carbons (Fsp3) is 0.318. The van der Waals surface area contributed by atoms with Crippen molar-refractivity contribution in [1.29, 1.82) is 0 Å². The Morgan fingerprint density at radius 1 is 0.543 bits per heavy atom. The van der Waals surface area contributed by atoms with Crippen molar-refractivity contribution >= 4 is 48.6 Å². The predicted octanol–water partition coefficient (Wildman–Crippen LogP) is 13.1. The maximum Gasteiger partial charge on any atom is 0.0476 e. The van der Waals surface area contributed by atoms with Crippen LogP contribution in [0, 0.1) is 11.8 Å². The highest BCUT2D eigenvalue weighted by molar-refractivity contribution is 7.25. The molecule has 3 atom stereocenters. The number of hydrogen-bond donors (Lipinski definition) is 0. The first-order valence-corrected chi connectivity index (χ1v) is 18.5. The summed E-state index contributed by atoms with van der Waals surface area (Å²) >= 11 is 1.90. The fourth-order valence-electron chi connectivity index (χ4n) is 9.59. The van der Waals surface area contributed by atoms with E-state index in [1.807, 2.05) is 11.3 Å². The molecule has 0 aliphatic heterocycles. The maximum atomic E-state index is 2.49. The second-order valence-corrected chi connectivity index (χ2v) is 15.5. The van der Waals surface area contributed by atoms with Crippen molar-refractivity contribution < 1.29 is 0 Å². The minimum atomic E-state index is 0.0966. The summed E-state index contributed by atoms with van der Waals surface area (Å²) in [4.78, 5) is 2.49. The molecule has 0 radical (unpaired) electrons. The van der Waals surface area contributed by atoms with E-state index < -0.39 is 0 Å². The average molecular weight is 618 g/mol. The summed E-state index contributed by atoms with van der Waals surface area (Å²) in [5.41, 5.74) is 8.29. The van der Waals surface area contributed by atoms with Gasteiger partial charge in [0.25, 0.3) is 0 Å². The molecule has 46 heavy (non-hydrogen) atoms. The van der Waals surface area contributed by atoms with Crippen LogP contribution < -0.4 is 4.90 Å². The van der Waals surface area contributed by atoms with Crippen LogP contribution in [-0.4, -0.2) is 0 Å². The molecule has 1 heterocycles. The SMILES string of the molecule is c1ccc(C2(c3ccc(N(c4ccc(C5CC6CCC5C6)cc4)c4ccc5c(c4)sc4ccccc45)cc3)CCCCCC2)cc1. The molecular weight excluding hydrogens is 575 g/mol. The van der Waals surface area contributed by atoms with Gasteiger partial charge >= 0.3 is 0 Å². The van der Waals surface area contributed by atoms with Gasteiger partial charge in [-0.05, 0) is 109 Å². The van der Waals surface area contributed by atoms with Gasteiger partial charge in [0.15, 0.2) is 0 Å². The van der Waals surface area contributed by atoms with Crippen LogP contribution >= 0.6 is 11.3 Å². The second-order valence-electron chi connectivity index (χ2n) is 14.4. The first kappa shape index (κ1) is 28.4. The Bertz CT molecular complexity index is 1960. The monoisotopic (exact) mass is 617 g/mol. The van der Waals surface area contributed by atoms with Crippen LogP contribution in [0.25, 0.3) is 20.2 Å². The van der Waals surface area contributed by atoms with E-state index in [0.717, 1.165) is 17.8 Å². The third-order valence-corrected chi connectivity index (χ3v) is 13.0. The molecule has 5 aromatic carbocycles. The van der Waals surface area contributed by atoms with Gasteiger partial charge in [-0.15, -0.1) is 11.3 Å². The lowest BCUT2D eigenvalue weighted by Gasteiger charge is -2.35. The molecule has 0 N–H and O–H groups in total. The molecule has 3 aliphatic carbocycles. The number of anilines is 3. The van der Waals surface area contributed by atoms with Crippen molar-refractivity contribution in [3.63, 3.8) is 0 Å². The summed E-state index contributed by atoms with van der Waals surface area (Å²) in [6, 6.07) is 46.6. The molecule has 0 amide bonds. The fourth-order valence-corrected chi connectivity index (χ4v) is 10.7. The van der Waals surface area contributed by atoms with Gasteiger partial charge in [-0.25, -0.2) is 0 Å². The lowest BCUT2D eigenvalue weighted by Crippen LogP contribution is -2.27. The van der Waals surface area contributed by atoms with E-state index in [-0.39, 0.29) is 5.41 Å². The highest BCUT2D eigenvalue weighted by Crippen LogP contribution is 2.53. The largest absolute Gasteiger partial charge is 0.310 e. The first-order valence-electron chi connectivity index (χ1n) is 17.7. The van der Waals surface area contributed by atoms with Gasteiger partial charge in [0.2, 0.25) is 0 Å². The minimum Gasteiger partial charge on any atom is -0.310 e. The number of thiophene rings is 1. The molecule has 3 aliphatic rings. The van der Waals surface area contributed by atoms with Gasteiger partial charge in [-0.2, -0.15) is 0 Å². The summed E-state index contributed by atoms with van der Waals surface area (Å²) in [5, 5.41) is 2.71. The van der Waals surface area contributed by atoms with Crippen molar-refractivity contribution in [1.82, 2.24) is 0 Å². The number of benzene rings is 5. The molecular formula is C44H43NS. The molecule has 3 unspecified atom stereocenters. The van der Waals surface area contributed by atoms with Crippen molar-refractivity contribution in [2.45, 2.75) is 75.5 Å². The van der Waals surface area contributed by atoms with Crippen molar-refractivity contribution in [2.24, 2.45) is 11.8 Å². The second kappa shape index (κ2) is 11.7. The average Bonchev–Trinajstić information content (AvgIpc) is 3.79. The highest BCUT2D eigenvalue weighted by atomic mass is 32.1. The van der Waals surface area contributed by atoms with E-state index in [1.54, 1.807) is 5.56 Å². The molecule has 230 valence electrons. The molecule has 3 fully saturated rings.